The Balaban J connectivity index is 1.32. The minimum atomic E-state index is -3.59. The lowest BCUT2D eigenvalue weighted by molar-refractivity contribution is -0.122. The van der Waals surface area contributed by atoms with Gasteiger partial charge in [0.1, 0.15) is 5.82 Å². The lowest BCUT2D eigenvalue weighted by Crippen LogP contribution is -2.51. The maximum Gasteiger partial charge on any atom is 0.243 e. The molecule has 6 nitrogen and oxygen atoms in total. The summed E-state index contributed by atoms with van der Waals surface area (Å²) < 4.78 is 41.2. The van der Waals surface area contributed by atoms with Crippen LogP contribution in [0.5, 0.6) is 0 Å². The maximum atomic E-state index is 13.7. The van der Waals surface area contributed by atoms with Gasteiger partial charge in [0, 0.05) is 38.3 Å². The first-order valence-corrected chi connectivity index (χ1v) is 11.6. The molecule has 31 heavy (non-hydrogen) atoms. The molecule has 1 aliphatic rings. The summed E-state index contributed by atoms with van der Waals surface area (Å²) in [6.45, 7) is 1.82. The smallest absolute Gasteiger partial charge is 0.243 e. The summed E-state index contributed by atoms with van der Waals surface area (Å²) in [6.07, 6.45) is 0. The molecular formula is C23H24FN3O3S. The molecule has 0 unspecified atom stereocenters. The Morgan fingerprint density at radius 2 is 1.58 bits per heavy atom. The van der Waals surface area contributed by atoms with Crippen molar-refractivity contribution >= 4 is 26.7 Å². The van der Waals surface area contributed by atoms with Crippen LogP contribution in [0.15, 0.2) is 71.6 Å². The van der Waals surface area contributed by atoms with Crippen LogP contribution in [0.1, 0.15) is 5.56 Å². The fourth-order valence-corrected chi connectivity index (χ4v) is 5.16. The van der Waals surface area contributed by atoms with Crippen LogP contribution in [0.25, 0.3) is 10.8 Å². The molecule has 162 valence electrons. The first-order valence-electron chi connectivity index (χ1n) is 10.1. The quantitative estimate of drug-likeness (QED) is 0.639. The third kappa shape index (κ3) is 4.92. The van der Waals surface area contributed by atoms with E-state index < -0.39 is 10.0 Å². The largest absolute Gasteiger partial charge is 0.351 e. The number of nitrogens with one attached hydrogen (secondary N) is 1. The van der Waals surface area contributed by atoms with Crippen LogP contribution in [0.2, 0.25) is 0 Å². The molecule has 0 bridgehead atoms. The van der Waals surface area contributed by atoms with E-state index in [4.69, 9.17) is 0 Å². The van der Waals surface area contributed by atoms with E-state index >= 15 is 0 Å². The van der Waals surface area contributed by atoms with E-state index in [0.717, 1.165) is 10.8 Å². The van der Waals surface area contributed by atoms with E-state index in [-0.39, 0.29) is 29.7 Å². The monoisotopic (exact) mass is 441 g/mol. The number of fused-ring (bicyclic) bond motifs is 1. The normalized spacial score (nSPS) is 15.8. The van der Waals surface area contributed by atoms with Crippen molar-refractivity contribution in [3.05, 3.63) is 78.1 Å². The third-order valence-electron chi connectivity index (χ3n) is 5.49. The lowest BCUT2D eigenvalue weighted by atomic mass is 10.1. The van der Waals surface area contributed by atoms with Crippen molar-refractivity contribution in [3.63, 3.8) is 0 Å². The summed E-state index contributed by atoms with van der Waals surface area (Å²) in [6, 6.07) is 19.1. The summed E-state index contributed by atoms with van der Waals surface area (Å²) in [4.78, 5) is 14.4. The van der Waals surface area contributed by atoms with Crippen molar-refractivity contribution in [3.8, 4) is 0 Å². The van der Waals surface area contributed by atoms with Crippen LogP contribution in [0.3, 0.4) is 0 Å². The number of hydrogen-bond acceptors (Lipinski definition) is 4. The molecule has 4 rings (SSSR count). The van der Waals surface area contributed by atoms with Crippen molar-refractivity contribution < 1.29 is 17.6 Å². The molecule has 1 aliphatic heterocycles. The molecule has 1 fully saturated rings. The van der Waals surface area contributed by atoms with E-state index in [2.05, 4.69) is 5.32 Å². The Hall–Kier alpha value is -2.81. The Kier molecular flexibility index (Phi) is 6.31. The number of halogens is 1. The number of carbonyl (C=O) groups is 1. The maximum absolute atomic E-state index is 13.7. The number of carbonyl (C=O) groups excluding carboxylic acids is 1. The Morgan fingerprint density at radius 3 is 2.32 bits per heavy atom. The van der Waals surface area contributed by atoms with Gasteiger partial charge in [0.15, 0.2) is 0 Å². The summed E-state index contributed by atoms with van der Waals surface area (Å²) in [5, 5.41) is 4.60. The van der Waals surface area contributed by atoms with Crippen molar-refractivity contribution in [2.75, 3.05) is 32.7 Å². The predicted molar refractivity (Wildman–Crippen MR) is 117 cm³/mol. The molecule has 0 atom stereocenters. The van der Waals surface area contributed by atoms with Gasteiger partial charge in [-0.1, -0.05) is 48.5 Å². The average molecular weight is 442 g/mol. The highest BCUT2D eigenvalue weighted by Gasteiger charge is 2.29. The molecule has 0 radical (unpaired) electrons. The highest BCUT2D eigenvalue weighted by Crippen LogP contribution is 2.22. The van der Waals surface area contributed by atoms with Crippen molar-refractivity contribution in [2.45, 2.75) is 11.4 Å². The van der Waals surface area contributed by atoms with Gasteiger partial charge in [-0.25, -0.2) is 12.8 Å². The van der Waals surface area contributed by atoms with Gasteiger partial charge in [-0.3, -0.25) is 9.69 Å². The second kappa shape index (κ2) is 9.13. The van der Waals surface area contributed by atoms with Crippen molar-refractivity contribution in [1.29, 1.82) is 0 Å². The third-order valence-corrected chi connectivity index (χ3v) is 7.39. The Morgan fingerprint density at radius 1 is 0.903 bits per heavy atom. The van der Waals surface area contributed by atoms with Gasteiger partial charge in [0.25, 0.3) is 0 Å². The zero-order chi connectivity index (χ0) is 21.8. The number of piperazine rings is 1. The van der Waals surface area contributed by atoms with E-state index in [1.807, 2.05) is 35.2 Å². The lowest BCUT2D eigenvalue weighted by Gasteiger charge is -2.33. The molecule has 1 saturated heterocycles. The number of rotatable bonds is 6. The highest BCUT2D eigenvalue weighted by atomic mass is 32.2. The summed E-state index contributed by atoms with van der Waals surface area (Å²) >= 11 is 0. The van der Waals surface area contributed by atoms with Gasteiger partial charge in [-0.2, -0.15) is 4.31 Å². The van der Waals surface area contributed by atoms with Gasteiger partial charge < -0.3 is 5.32 Å². The molecule has 3 aromatic rings. The van der Waals surface area contributed by atoms with Gasteiger partial charge >= 0.3 is 0 Å². The molecular weight excluding hydrogens is 417 g/mol. The Labute approximate surface area is 181 Å². The highest BCUT2D eigenvalue weighted by molar-refractivity contribution is 7.89. The predicted octanol–water partition coefficient (Wildman–Crippen LogP) is 2.60. The summed E-state index contributed by atoms with van der Waals surface area (Å²) in [7, 11) is -3.59. The van der Waals surface area contributed by atoms with Crippen LogP contribution >= 0.6 is 0 Å². The van der Waals surface area contributed by atoms with E-state index in [9.17, 15) is 17.6 Å². The molecule has 0 saturated carbocycles. The minimum Gasteiger partial charge on any atom is -0.351 e. The molecule has 8 heteroatoms. The fourth-order valence-electron chi connectivity index (χ4n) is 3.70. The van der Waals surface area contributed by atoms with Gasteiger partial charge in [0.05, 0.1) is 11.4 Å². The first kappa shape index (κ1) is 21.4. The van der Waals surface area contributed by atoms with E-state index in [1.165, 1.54) is 10.4 Å². The number of amides is 1. The van der Waals surface area contributed by atoms with Crippen LogP contribution < -0.4 is 5.32 Å². The standard InChI is InChI=1S/C23H24FN3O3S/c24-22-8-4-3-7-20(22)16-25-23(28)17-26-11-13-27(14-12-26)31(29,30)21-10-9-18-5-1-2-6-19(18)15-21/h1-10,15H,11-14,16-17H2,(H,25,28). The molecule has 1 amide bonds. The summed E-state index contributed by atoms with van der Waals surface area (Å²) in [5.74, 6) is -0.565. The molecule has 1 heterocycles. The van der Waals surface area contributed by atoms with Crippen molar-refractivity contribution in [2.24, 2.45) is 0 Å². The topological polar surface area (TPSA) is 69.7 Å². The molecule has 1 N–H and O–H groups in total. The average Bonchev–Trinajstić information content (AvgIpc) is 2.78. The fraction of sp³-hybridized carbons (Fsp3) is 0.261. The van der Waals surface area contributed by atoms with Gasteiger partial charge in [0.2, 0.25) is 15.9 Å². The SMILES string of the molecule is O=C(CN1CCN(S(=O)(=O)c2ccc3ccccc3c2)CC1)NCc1ccccc1F. The number of hydrogen-bond donors (Lipinski definition) is 1. The van der Waals surface area contributed by atoms with Gasteiger partial charge in [-0.05, 0) is 29.0 Å². The number of benzene rings is 3. The second-order valence-electron chi connectivity index (χ2n) is 7.56. The first-order chi connectivity index (χ1) is 14.9. The van der Waals surface area contributed by atoms with Gasteiger partial charge in [-0.15, -0.1) is 0 Å². The van der Waals surface area contributed by atoms with Crippen LogP contribution in [0.4, 0.5) is 4.39 Å². The number of sulfonamides is 1. The zero-order valence-corrected chi connectivity index (χ0v) is 17.8. The zero-order valence-electron chi connectivity index (χ0n) is 17.0. The second-order valence-corrected chi connectivity index (χ2v) is 9.50. The van der Waals surface area contributed by atoms with Crippen molar-refractivity contribution in [1.82, 2.24) is 14.5 Å². The van der Waals surface area contributed by atoms with E-state index in [1.54, 1.807) is 30.3 Å². The van der Waals surface area contributed by atoms with Crippen LogP contribution in [-0.4, -0.2) is 56.3 Å². The molecule has 0 aromatic heterocycles. The number of nitrogens with zero attached hydrogens (tertiary/aromatic N) is 2. The van der Waals surface area contributed by atoms with E-state index in [0.29, 0.717) is 31.7 Å². The molecule has 0 aliphatic carbocycles. The van der Waals surface area contributed by atoms with Crippen LogP contribution in [-0.2, 0) is 21.4 Å². The molecule has 3 aromatic carbocycles. The molecule has 0 spiro atoms. The summed E-state index contributed by atoms with van der Waals surface area (Å²) in [5.41, 5.74) is 0.433. The minimum absolute atomic E-state index is 0.127. The van der Waals surface area contributed by atoms with Crippen LogP contribution in [0, 0.1) is 5.82 Å². The Bertz CT molecular complexity index is 1190.